The van der Waals surface area contributed by atoms with Gasteiger partial charge in [-0.3, -0.25) is 4.79 Å². The largest absolute Gasteiger partial charge is 0.378 e. The number of carbonyl (C=O) groups is 1. The average Bonchev–Trinajstić information content (AvgIpc) is 2.43. The Hall–Kier alpha value is -1.33. The molecule has 1 aliphatic carbocycles. The zero-order chi connectivity index (χ0) is 15.2. The Morgan fingerprint density at radius 1 is 1.48 bits per heavy atom. The number of halogens is 1. The van der Waals surface area contributed by atoms with E-state index in [-0.39, 0.29) is 18.1 Å². The fourth-order valence-electron chi connectivity index (χ4n) is 2.26. The number of anilines is 1. The van der Waals surface area contributed by atoms with Gasteiger partial charge in [-0.15, -0.1) is 0 Å². The van der Waals surface area contributed by atoms with Crippen LogP contribution in [0.25, 0.3) is 0 Å². The number of pyridine rings is 1. The molecule has 116 valence electrons. The van der Waals surface area contributed by atoms with Gasteiger partial charge < -0.3 is 15.4 Å². The Kier molecular flexibility index (Phi) is 5.82. The van der Waals surface area contributed by atoms with Crippen LogP contribution in [0.5, 0.6) is 0 Å². The van der Waals surface area contributed by atoms with Crippen LogP contribution in [0.15, 0.2) is 12.3 Å². The van der Waals surface area contributed by atoms with Gasteiger partial charge in [0.15, 0.2) is 0 Å². The van der Waals surface area contributed by atoms with Crippen LogP contribution in [-0.2, 0) is 4.74 Å². The number of hydrogen-bond acceptors (Lipinski definition) is 4. The normalized spacial score (nSPS) is 20.7. The van der Waals surface area contributed by atoms with Crippen LogP contribution in [0.4, 0.5) is 5.82 Å². The summed E-state index contributed by atoms with van der Waals surface area (Å²) in [4.78, 5) is 16.3. The molecule has 0 atom stereocenters. The molecule has 0 spiro atoms. The molecule has 0 aliphatic heterocycles. The van der Waals surface area contributed by atoms with E-state index in [1.54, 1.807) is 12.3 Å². The van der Waals surface area contributed by atoms with E-state index in [9.17, 15) is 4.79 Å². The molecule has 0 bridgehead atoms. The van der Waals surface area contributed by atoms with Crippen molar-refractivity contribution in [2.24, 2.45) is 0 Å². The first-order valence-electron chi connectivity index (χ1n) is 7.45. The first-order valence-corrected chi connectivity index (χ1v) is 7.83. The third kappa shape index (κ3) is 4.32. The van der Waals surface area contributed by atoms with Crippen LogP contribution in [0.3, 0.4) is 0 Å². The molecule has 5 nitrogen and oxygen atoms in total. The third-order valence-corrected chi connectivity index (χ3v) is 3.77. The first kappa shape index (κ1) is 16.0. The Bertz CT molecular complexity index is 490. The first-order chi connectivity index (χ1) is 10.1. The lowest BCUT2D eigenvalue weighted by atomic mass is 9.89. The highest BCUT2D eigenvalue weighted by Gasteiger charge is 2.30. The van der Waals surface area contributed by atoms with Crippen molar-refractivity contribution < 1.29 is 9.53 Å². The Labute approximate surface area is 130 Å². The number of hydrogen-bond donors (Lipinski definition) is 2. The van der Waals surface area contributed by atoms with Crippen molar-refractivity contribution in [3.05, 3.63) is 22.8 Å². The lowest BCUT2D eigenvalue weighted by molar-refractivity contribution is -0.00862. The van der Waals surface area contributed by atoms with Crippen LogP contribution in [-0.4, -0.2) is 36.2 Å². The van der Waals surface area contributed by atoms with Gasteiger partial charge in [-0.1, -0.05) is 18.5 Å². The molecule has 0 radical (unpaired) electrons. The minimum absolute atomic E-state index is 0.133. The fraction of sp³-hybridized carbons (Fsp3) is 0.600. The molecule has 21 heavy (non-hydrogen) atoms. The Balaban J connectivity index is 1.87. The second kappa shape index (κ2) is 7.61. The van der Waals surface area contributed by atoms with Crippen molar-refractivity contribution in [1.82, 2.24) is 10.3 Å². The molecule has 0 unspecified atom stereocenters. The second-order valence-electron chi connectivity index (χ2n) is 5.20. The number of nitrogens with one attached hydrogen (secondary N) is 2. The summed E-state index contributed by atoms with van der Waals surface area (Å²) in [6.45, 7) is 5.57. The molecule has 6 heteroatoms. The summed E-state index contributed by atoms with van der Waals surface area (Å²) < 4.78 is 5.47. The molecule has 1 aromatic heterocycles. The van der Waals surface area contributed by atoms with E-state index in [0.29, 0.717) is 16.4 Å². The van der Waals surface area contributed by atoms with Crippen LogP contribution in [0, 0.1) is 0 Å². The highest BCUT2D eigenvalue weighted by atomic mass is 35.5. The van der Waals surface area contributed by atoms with E-state index in [4.69, 9.17) is 16.3 Å². The highest BCUT2D eigenvalue weighted by molar-refractivity contribution is 6.33. The average molecular weight is 312 g/mol. The summed E-state index contributed by atoms with van der Waals surface area (Å²) in [5.74, 6) is 0.488. The molecule has 0 saturated heterocycles. The van der Waals surface area contributed by atoms with E-state index in [0.717, 1.165) is 32.4 Å². The SMILES string of the molecule is CCCNc1ncc(C(=O)NC2CC(OCC)C2)cc1Cl. The molecule has 2 rings (SSSR count). The molecular formula is C15H22ClN3O2. The maximum atomic E-state index is 12.1. The van der Waals surface area contributed by atoms with Crippen molar-refractivity contribution in [3.63, 3.8) is 0 Å². The zero-order valence-electron chi connectivity index (χ0n) is 12.5. The maximum Gasteiger partial charge on any atom is 0.253 e. The van der Waals surface area contributed by atoms with Crippen LogP contribution < -0.4 is 10.6 Å². The lowest BCUT2D eigenvalue weighted by Gasteiger charge is -2.35. The molecule has 1 heterocycles. The van der Waals surface area contributed by atoms with E-state index in [1.807, 2.05) is 6.92 Å². The molecule has 1 fully saturated rings. The molecule has 1 aromatic rings. The van der Waals surface area contributed by atoms with E-state index in [1.165, 1.54) is 0 Å². The molecule has 1 amide bonds. The van der Waals surface area contributed by atoms with Crippen LogP contribution in [0.1, 0.15) is 43.5 Å². The van der Waals surface area contributed by atoms with Crippen molar-refractivity contribution in [2.45, 2.75) is 45.3 Å². The molecular weight excluding hydrogens is 290 g/mol. The minimum atomic E-state index is -0.133. The second-order valence-corrected chi connectivity index (χ2v) is 5.61. The minimum Gasteiger partial charge on any atom is -0.378 e. The van der Waals surface area contributed by atoms with Crippen molar-refractivity contribution in [1.29, 1.82) is 0 Å². The van der Waals surface area contributed by atoms with E-state index in [2.05, 4.69) is 22.5 Å². The summed E-state index contributed by atoms with van der Waals surface area (Å²) >= 11 is 6.13. The molecule has 0 aromatic carbocycles. The van der Waals surface area contributed by atoms with Crippen LogP contribution >= 0.6 is 11.6 Å². The van der Waals surface area contributed by atoms with Crippen molar-refractivity contribution in [3.8, 4) is 0 Å². The fourth-order valence-corrected chi connectivity index (χ4v) is 2.49. The number of amides is 1. The summed E-state index contributed by atoms with van der Waals surface area (Å²) in [6, 6.07) is 1.84. The smallest absolute Gasteiger partial charge is 0.253 e. The summed E-state index contributed by atoms with van der Waals surface area (Å²) in [7, 11) is 0. The third-order valence-electron chi connectivity index (χ3n) is 3.48. The van der Waals surface area contributed by atoms with E-state index < -0.39 is 0 Å². The van der Waals surface area contributed by atoms with E-state index >= 15 is 0 Å². The topological polar surface area (TPSA) is 63.2 Å². The Morgan fingerprint density at radius 3 is 2.86 bits per heavy atom. The van der Waals surface area contributed by atoms with Crippen molar-refractivity contribution in [2.75, 3.05) is 18.5 Å². The number of nitrogens with zero attached hydrogens (tertiary/aromatic N) is 1. The van der Waals surface area contributed by atoms with Crippen LogP contribution in [0.2, 0.25) is 5.02 Å². The zero-order valence-corrected chi connectivity index (χ0v) is 13.2. The van der Waals surface area contributed by atoms with Gasteiger partial charge in [-0.25, -0.2) is 4.98 Å². The predicted molar refractivity (Wildman–Crippen MR) is 83.9 cm³/mol. The van der Waals surface area contributed by atoms with Crippen molar-refractivity contribution >= 4 is 23.3 Å². The summed E-state index contributed by atoms with van der Waals surface area (Å²) in [5.41, 5.74) is 0.488. The number of ether oxygens (including phenoxy) is 1. The quantitative estimate of drug-likeness (QED) is 0.813. The number of carbonyl (C=O) groups excluding carboxylic acids is 1. The van der Waals surface area contributed by atoms with Gasteiger partial charge in [0.2, 0.25) is 0 Å². The van der Waals surface area contributed by atoms with Gasteiger partial charge in [0.1, 0.15) is 5.82 Å². The highest BCUT2D eigenvalue weighted by Crippen LogP contribution is 2.24. The number of aromatic nitrogens is 1. The van der Waals surface area contributed by atoms with Gasteiger partial charge in [0.25, 0.3) is 5.91 Å². The van der Waals surface area contributed by atoms with Gasteiger partial charge in [0.05, 0.1) is 16.7 Å². The summed E-state index contributed by atoms with van der Waals surface area (Å²) in [6.07, 6.45) is 4.57. The van der Waals surface area contributed by atoms with Gasteiger partial charge in [0, 0.05) is 25.4 Å². The molecule has 1 saturated carbocycles. The monoisotopic (exact) mass is 311 g/mol. The molecule has 1 aliphatic rings. The van der Waals surface area contributed by atoms with Gasteiger partial charge >= 0.3 is 0 Å². The standard InChI is InChI=1S/C15H22ClN3O2/c1-3-5-17-14-13(16)6-10(9-18-14)15(20)19-11-7-12(8-11)21-4-2/h6,9,11-12H,3-5,7-8H2,1-2H3,(H,17,18)(H,19,20). The predicted octanol–water partition coefficient (Wildman–Crippen LogP) is 2.85. The molecule has 2 N–H and O–H groups in total. The number of rotatable bonds is 7. The van der Waals surface area contributed by atoms with Gasteiger partial charge in [-0.05, 0) is 32.3 Å². The van der Waals surface area contributed by atoms with Gasteiger partial charge in [-0.2, -0.15) is 0 Å². The summed E-state index contributed by atoms with van der Waals surface area (Å²) in [5, 5.41) is 6.56. The Morgan fingerprint density at radius 2 is 2.24 bits per heavy atom. The maximum absolute atomic E-state index is 12.1. The lowest BCUT2D eigenvalue weighted by Crippen LogP contribution is -2.47.